The Kier molecular flexibility index (Phi) is 2.48. The third-order valence-corrected chi connectivity index (χ3v) is 1.88. The quantitative estimate of drug-likeness (QED) is 0.714. The predicted molar refractivity (Wildman–Crippen MR) is 54.7 cm³/mol. The number of hydrogen-bond acceptors (Lipinski definition) is 5. The summed E-state index contributed by atoms with van der Waals surface area (Å²) in [7, 11) is 1.60. The highest BCUT2D eigenvalue weighted by Crippen LogP contribution is 2.10. The summed E-state index contributed by atoms with van der Waals surface area (Å²) in [6.45, 7) is 1.72. The lowest BCUT2D eigenvalue weighted by Gasteiger charge is -2.06. The topological polar surface area (TPSA) is 58.5 Å². The molecule has 0 saturated carbocycles. The van der Waals surface area contributed by atoms with E-state index in [0.717, 1.165) is 24.7 Å². The Labute approximate surface area is 82.2 Å². The summed E-state index contributed by atoms with van der Waals surface area (Å²) in [4.78, 5) is 8.28. The van der Waals surface area contributed by atoms with Crippen molar-refractivity contribution < 1.29 is 4.74 Å². The summed E-state index contributed by atoms with van der Waals surface area (Å²) in [5.41, 5.74) is 0.902. The van der Waals surface area contributed by atoms with Crippen molar-refractivity contribution in [2.45, 2.75) is 0 Å². The van der Waals surface area contributed by atoms with Crippen LogP contribution in [0.2, 0.25) is 0 Å². The van der Waals surface area contributed by atoms with Crippen LogP contribution < -0.4 is 15.4 Å². The van der Waals surface area contributed by atoms with E-state index in [-0.39, 0.29) is 0 Å². The van der Waals surface area contributed by atoms with Gasteiger partial charge in [0.25, 0.3) is 0 Å². The van der Waals surface area contributed by atoms with Gasteiger partial charge in [-0.15, -0.1) is 0 Å². The lowest BCUT2D eigenvalue weighted by atomic mass is 10.4. The molecule has 0 aliphatic carbocycles. The molecule has 2 N–H and O–H groups in total. The molecule has 0 fully saturated rings. The van der Waals surface area contributed by atoms with Gasteiger partial charge in [0, 0.05) is 12.6 Å². The molecule has 74 valence electrons. The molecule has 1 aliphatic rings. The Morgan fingerprint density at radius 3 is 3.00 bits per heavy atom. The number of aliphatic imine (C=N–C) groups is 1. The number of anilines is 1. The van der Waals surface area contributed by atoms with Gasteiger partial charge in [-0.2, -0.15) is 0 Å². The standard InChI is InChI=1S/C9H12N4O/c1-14-8-3-2-7(6-12-8)13-9-10-4-5-11-9/h2-3,6H,4-5H2,1H3,(H2,10,11,13). The number of nitrogens with one attached hydrogen (secondary N) is 2. The van der Waals surface area contributed by atoms with Crippen LogP contribution in [0.25, 0.3) is 0 Å². The van der Waals surface area contributed by atoms with Crippen LogP contribution in [0, 0.1) is 0 Å². The molecule has 1 aliphatic heterocycles. The molecule has 5 nitrogen and oxygen atoms in total. The van der Waals surface area contributed by atoms with Gasteiger partial charge in [-0.25, -0.2) is 4.98 Å². The first-order valence-electron chi connectivity index (χ1n) is 4.44. The molecule has 0 unspecified atom stereocenters. The van der Waals surface area contributed by atoms with E-state index in [1.807, 2.05) is 6.07 Å². The fourth-order valence-electron chi connectivity index (χ4n) is 1.19. The molecule has 0 atom stereocenters. The lowest BCUT2D eigenvalue weighted by Crippen LogP contribution is -2.26. The van der Waals surface area contributed by atoms with Crippen molar-refractivity contribution in [3.8, 4) is 5.88 Å². The molecule has 1 aromatic heterocycles. The third-order valence-electron chi connectivity index (χ3n) is 1.88. The van der Waals surface area contributed by atoms with Crippen LogP contribution in [0.4, 0.5) is 5.69 Å². The largest absolute Gasteiger partial charge is 0.481 e. The van der Waals surface area contributed by atoms with E-state index in [1.165, 1.54) is 0 Å². The van der Waals surface area contributed by atoms with Gasteiger partial charge in [-0.05, 0) is 6.07 Å². The maximum atomic E-state index is 4.95. The predicted octanol–water partition coefficient (Wildman–Crippen LogP) is 0.461. The first kappa shape index (κ1) is 8.80. The Balaban J connectivity index is 2.02. The summed E-state index contributed by atoms with van der Waals surface area (Å²) in [5, 5.41) is 6.23. The first-order chi connectivity index (χ1) is 6.88. The summed E-state index contributed by atoms with van der Waals surface area (Å²) < 4.78 is 4.95. The minimum atomic E-state index is 0.608. The number of rotatable bonds is 2. The van der Waals surface area contributed by atoms with Crippen LogP contribution in [0.5, 0.6) is 5.88 Å². The first-order valence-corrected chi connectivity index (χ1v) is 4.44. The number of nitrogens with zero attached hydrogens (tertiary/aromatic N) is 2. The molecule has 0 bridgehead atoms. The van der Waals surface area contributed by atoms with Gasteiger partial charge in [-0.3, -0.25) is 4.99 Å². The molecule has 0 amide bonds. The van der Waals surface area contributed by atoms with Gasteiger partial charge in [0.15, 0.2) is 5.96 Å². The molecule has 2 heterocycles. The fraction of sp³-hybridized carbons (Fsp3) is 0.333. The highest BCUT2D eigenvalue weighted by atomic mass is 16.5. The Hall–Kier alpha value is -1.78. The zero-order valence-corrected chi connectivity index (χ0v) is 7.95. The Morgan fingerprint density at radius 1 is 1.50 bits per heavy atom. The molecule has 1 aromatic rings. The second-order valence-electron chi connectivity index (χ2n) is 2.87. The van der Waals surface area contributed by atoms with Crippen LogP contribution in [-0.2, 0) is 0 Å². The molecular formula is C9H12N4O. The molecule has 0 aromatic carbocycles. The van der Waals surface area contributed by atoms with E-state index in [9.17, 15) is 0 Å². The minimum absolute atomic E-state index is 0.608. The number of pyridine rings is 1. The van der Waals surface area contributed by atoms with Crippen LogP contribution >= 0.6 is 0 Å². The van der Waals surface area contributed by atoms with Gasteiger partial charge in [0.2, 0.25) is 5.88 Å². The number of guanidine groups is 1. The molecular weight excluding hydrogens is 180 g/mol. The average Bonchev–Trinajstić information content (AvgIpc) is 2.72. The highest BCUT2D eigenvalue weighted by Gasteiger charge is 2.04. The van der Waals surface area contributed by atoms with E-state index in [0.29, 0.717) is 5.88 Å². The number of aromatic nitrogens is 1. The third kappa shape index (κ3) is 1.93. The summed E-state index contributed by atoms with van der Waals surface area (Å²) in [6.07, 6.45) is 1.71. The zero-order chi connectivity index (χ0) is 9.80. The van der Waals surface area contributed by atoms with Crippen molar-refractivity contribution in [3.63, 3.8) is 0 Å². The van der Waals surface area contributed by atoms with Crippen LogP contribution in [0.3, 0.4) is 0 Å². The van der Waals surface area contributed by atoms with E-state index < -0.39 is 0 Å². The average molecular weight is 192 g/mol. The zero-order valence-electron chi connectivity index (χ0n) is 7.95. The normalized spacial score (nSPS) is 14.5. The number of methoxy groups -OCH3 is 1. The summed E-state index contributed by atoms with van der Waals surface area (Å²) >= 11 is 0. The SMILES string of the molecule is COc1ccc(NC2=NCCN2)cn1. The number of hydrogen-bond donors (Lipinski definition) is 2. The summed E-state index contributed by atoms with van der Waals surface area (Å²) in [5.74, 6) is 1.41. The Morgan fingerprint density at radius 2 is 2.43 bits per heavy atom. The maximum absolute atomic E-state index is 4.95. The molecule has 2 rings (SSSR count). The summed E-state index contributed by atoms with van der Waals surface area (Å²) in [6, 6.07) is 3.70. The molecule has 5 heteroatoms. The van der Waals surface area contributed by atoms with Crippen LogP contribution in [-0.4, -0.2) is 31.1 Å². The van der Waals surface area contributed by atoms with E-state index in [1.54, 1.807) is 19.4 Å². The monoisotopic (exact) mass is 192 g/mol. The molecule has 0 saturated heterocycles. The second-order valence-corrected chi connectivity index (χ2v) is 2.87. The van der Waals surface area contributed by atoms with Crippen molar-refractivity contribution in [3.05, 3.63) is 18.3 Å². The maximum Gasteiger partial charge on any atom is 0.213 e. The van der Waals surface area contributed by atoms with Crippen LogP contribution in [0.1, 0.15) is 0 Å². The minimum Gasteiger partial charge on any atom is -0.481 e. The van der Waals surface area contributed by atoms with Gasteiger partial charge in [0.1, 0.15) is 0 Å². The van der Waals surface area contributed by atoms with Crippen molar-refractivity contribution in [1.29, 1.82) is 0 Å². The fourth-order valence-corrected chi connectivity index (χ4v) is 1.19. The Bertz CT molecular complexity index is 333. The van der Waals surface area contributed by atoms with Crippen molar-refractivity contribution in [1.82, 2.24) is 10.3 Å². The van der Waals surface area contributed by atoms with E-state index in [4.69, 9.17) is 4.74 Å². The lowest BCUT2D eigenvalue weighted by molar-refractivity contribution is 0.398. The number of ether oxygens (including phenoxy) is 1. The molecule has 14 heavy (non-hydrogen) atoms. The van der Waals surface area contributed by atoms with E-state index in [2.05, 4.69) is 20.6 Å². The molecule has 0 spiro atoms. The second kappa shape index (κ2) is 3.95. The van der Waals surface area contributed by atoms with Crippen molar-refractivity contribution in [2.75, 3.05) is 25.5 Å². The molecule has 0 radical (unpaired) electrons. The van der Waals surface area contributed by atoms with Gasteiger partial charge in [-0.1, -0.05) is 0 Å². The van der Waals surface area contributed by atoms with Gasteiger partial charge >= 0.3 is 0 Å². The van der Waals surface area contributed by atoms with Gasteiger partial charge < -0.3 is 15.4 Å². The van der Waals surface area contributed by atoms with Crippen LogP contribution in [0.15, 0.2) is 23.3 Å². The highest BCUT2D eigenvalue weighted by molar-refractivity contribution is 5.94. The smallest absolute Gasteiger partial charge is 0.213 e. The van der Waals surface area contributed by atoms with Crippen molar-refractivity contribution in [2.24, 2.45) is 4.99 Å². The van der Waals surface area contributed by atoms with E-state index >= 15 is 0 Å². The van der Waals surface area contributed by atoms with Gasteiger partial charge in [0.05, 0.1) is 25.5 Å². The van der Waals surface area contributed by atoms with Crippen molar-refractivity contribution >= 4 is 11.6 Å².